The normalized spacial score (nSPS) is 16.2. The maximum Gasteiger partial charge on any atom is 0.0208 e. The van der Waals surface area contributed by atoms with Gasteiger partial charge in [0.2, 0.25) is 0 Å². The Morgan fingerprint density at radius 2 is 2.12 bits per heavy atom. The minimum Gasteiger partial charge on any atom is -0.310 e. The number of hydrogen-bond donors (Lipinski definition) is 1. The van der Waals surface area contributed by atoms with Crippen LogP contribution in [0.1, 0.15) is 25.3 Å². The van der Waals surface area contributed by atoms with E-state index in [1.54, 1.807) is 5.54 Å². The fourth-order valence-corrected chi connectivity index (χ4v) is 2.46. The van der Waals surface area contributed by atoms with Crippen molar-refractivity contribution >= 4 is 23.4 Å². The lowest BCUT2D eigenvalue weighted by Gasteiger charge is -2.05. The Hall–Kier alpha value is -0.440. The van der Waals surface area contributed by atoms with Gasteiger partial charge >= 0.3 is 0 Å². The fourth-order valence-electron chi connectivity index (χ4n) is 1.48. The molecule has 0 aliphatic heterocycles. The summed E-state index contributed by atoms with van der Waals surface area (Å²) in [6.07, 6.45) is 2.69. The zero-order valence-electron chi connectivity index (χ0n) is 10.1. The van der Waals surface area contributed by atoms with Crippen LogP contribution in [0, 0.1) is 0 Å². The van der Waals surface area contributed by atoms with Gasteiger partial charge in [-0.1, -0.05) is 29.3 Å². The summed E-state index contributed by atoms with van der Waals surface area (Å²) < 4.78 is 0. The summed E-state index contributed by atoms with van der Waals surface area (Å²) in [5.41, 5.74) is 4.22. The van der Waals surface area contributed by atoms with Crippen molar-refractivity contribution in [3.63, 3.8) is 0 Å². The Morgan fingerprint density at radius 3 is 2.71 bits per heavy atom. The third-order valence-corrected chi connectivity index (χ3v) is 4.33. The summed E-state index contributed by atoms with van der Waals surface area (Å²) >= 11 is 7.46. The van der Waals surface area contributed by atoms with Crippen LogP contribution >= 0.6 is 23.4 Å². The van der Waals surface area contributed by atoms with Crippen LogP contribution in [0.2, 0.25) is 0 Å². The molecule has 0 heterocycles. The number of hydrogen-bond acceptors (Lipinski definition) is 2. The average Bonchev–Trinajstić information content (AvgIpc) is 3.18. The van der Waals surface area contributed by atoms with Crippen molar-refractivity contribution in [1.29, 1.82) is 0 Å². The minimum atomic E-state index is 0.778. The number of rotatable bonds is 6. The molecule has 1 aromatic carbocycles. The first-order chi connectivity index (χ1) is 8.28. The summed E-state index contributed by atoms with van der Waals surface area (Å²) in [5, 5.41) is 3.52. The molecule has 0 amide bonds. The Balaban J connectivity index is 1.79. The Kier molecular flexibility index (Phi) is 4.96. The van der Waals surface area contributed by atoms with Crippen molar-refractivity contribution in [3.05, 3.63) is 40.9 Å². The molecule has 1 aliphatic rings. The zero-order valence-corrected chi connectivity index (χ0v) is 11.7. The van der Waals surface area contributed by atoms with Gasteiger partial charge < -0.3 is 5.32 Å². The lowest BCUT2D eigenvalue weighted by molar-refractivity contribution is 0.687. The maximum atomic E-state index is 5.64. The summed E-state index contributed by atoms with van der Waals surface area (Å²) in [4.78, 5) is 1.30. The van der Waals surface area contributed by atoms with E-state index in [-0.39, 0.29) is 0 Å². The van der Waals surface area contributed by atoms with Crippen molar-refractivity contribution in [2.45, 2.75) is 37.2 Å². The molecule has 17 heavy (non-hydrogen) atoms. The van der Waals surface area contributed by atoms with Crippen molar-refractivity contribution in [1.82, 2.24) is 5.32 Å². The summed E-state index contributed by atoms with van der Waals surface area (Å²) in [6.45, 7) is 3.05. The fraction of sp³-hybridized carbons (Fsp3) is 0.429. The van der Waals surface area contributed by atoms with Gasteiger partial charge in [-0.25, -0.2) is 0 Å². The first kappa shape index (κ1) is 13.0. The Morgan fingerprint density at radius 1 is 1.41 bits per heavy atom. The maximum absolute atomic E-state index is 5.64. The number of benzene rings is 1. The summed E-state index contributed by atoms with van der Waals surface area (Å²) in [6, 6.07) is 9.57. The summed E-state index contributed by atoms with van der Waals surface area (Å²) in [7, 11) is 0. The first-order valence-corrected chi connectivity index (χ1v) is 7.41. The van der Waals surface area contributed by atoms with Gasteiger partial charge in [-0.3, -0.25) is 0 Å². The van der Waals surface area contributed by atoms with Gasteiger partial charge in [0.05, 0.1) is 0 Å². The zero-order chi connectivity index (χ0) is 12.1. The molecule has 0 saturated heterocycles. The molecule has 0 bridgehead atoms. The van der Waals surface area contributed by atoms with Crippen LogP contribution < -0.4 is 5.32 Å². The van der Waals surface area contributed by atoms with E-state index < -0.39 is 0 Å². The number of nitrogens with one attached hydrogen (secondary N) is 1. The topological polar surface area (TPSA) is 12.0 Å². The second-order valence-electron chi connectivity index (χ2n) is 4.54. The van der Waals surface area contributed by atoms with Crippen LogP contribution in [-0.4, -0.2) is 11.8 Å². The minimum absolute atomic E-state index is 0.778. The SMILES string of the molecule is C/C(=C/Cl)CSc1ccc(CNC2CC2)cc1. The highest BCUT2D eigenvalue weighted by molar-refractivity contribution is 7.99. The molecule has 0 unspecified atom stereocenters. The number of thioether (sulfide) groups is 1. The molecule has 1 fully saturated rings. The van der Waals surface area contributed by atoms with Crippen LogP contribution in [0.25, 0.3) is 0 Å². The molecule has 1 aliphatic carbocycles. The monoisotopic (exact) mass is 267 g/mol. The van der Waals surface area contributed by atoms with Crippen LogP contribution in [0.5, 0.6) is 0 Å². The van der Waals surface area contributed by atoms with Gasteiger partial charge in [0.15, 0.2) is 0 Å². The lowest BCUT2D eigenvalue weighted by atomic mass is 10.2. The van der Waals surface area contributed by atoms with Gasteiger partial charge in [0.1, 0.15) is 0 Å². The van der Waals surface area contributed by atoms with E-state index in [9.17, 15) is 0 Å². The van der Waals surface area contributed by atoms with E-state index in [2.05, 4.69) is 29.6 Å². The standard InChI is InChI=1S/C14H18ClNS/c1-11(8-15)10-17-14-6-2-12(3-7-14)9-16-13-4-5-13/h2-3,6-8,13,16H,4-5,9-10H2,1H3/b11-8-. The van der Waals surface area contributed by atoms with Crippen LogP contribution in [0.15, 0.2) is 40.3 Å². The molecule has 1 nitrogen and oxygen atoms in total. The third-order valence-electron chi connectivity index (χ3n) is 2.75. The second kappa shape index (κ2) is 6.48. The van der Waals surface area contributed by atoms with Gasteiger partial charge in [0, 0.05) is 28.8 Å². The van der Waals surface area contributed by atoms with Crippen molar-refractivity contribution in [2.75, 3.05) is 5.75 Å². The first-order valence-electron chi connectivity index (χ1n) is 5.99. The highest BCUT2D eigenvalue weighted by Crippen LogP contribution is 2.22. The largest absolute Gasteiger partial charge is 0.310 e. The van der Waals surface area contributed by atoms with Crippen molar-refractivity contribution in [2.24, 2.45) is 0 Å². The quantitative estimate of drug-likeness (QED) is 0.777. The molecule has 2 rings (SSSR count). The molecular weight excluding hydrogens is 250 g/mol. The highest BCUT2D eigenvalue weighted by atomic mass is 35.5. The molecule has 1 aromatic rings. The second-order valence-corrected chi connectivity index (χ2v) is 5.81. The predicted octanol–water partition coefficient (Wildman–Crippen LogP) is 4.17. The van der Waals surface area contributed by atoms with Gasteiger partial charge in [-0.15, -0.1) is 11.8 Å². The molecule has 92 valence electrons. The predicted molar refractivity (Wildman–Crippen MR) is 76.6 cm³/mol. The molecule has 0 radical (unpaired) electrons. The molecule has 0 spiro atoms. The molecule has 1 N–H and O–H groups in total. The van der Waals surface area contributed by atoms with Crippen molar-refractivity contribution < 1.29 is 0 Å². The van der Waals surface area contributed by atoms with E-state index in [4.69, 9.17) is 11.6 Å². The lowest BCUT2D eigenvalue weighted by Crippen LogP contribution is -2.14. The Labute approximate surface area is 113 Å². The third kappa shape index (κ3) is 4.74. The molecular formula is C14H18ClNS. The molecule has 1 saturated carbocycles. The van der Waals surface area contributed by atoms with Crippen LogP contribution in [0.4, 0.5) is 0 Å². The smallest absolute Gasteiger partial charge is 0.0208 e. The highest BCUT2D eigenvalue weighted by Gasteiger charge is 2.19. The van der Waals surface area contributed by atoms with Crippen LogP contribution in [-0.2, 0) is 6.54 Å². The van der Waals surface area contributed by atoms with E-state index in [0.717, 1.165) is 18.3 Å². The molecule has 0 aromatic heterocycles. The molecule has 3 heteroatoms. The average molecular weight is 268 g/mol. The summed E-state index contributed by atoms with van der Waals surface area (Å²) in [5.74, 6) is 0.961. The van der Waals surface area contributed by atoms with Crippen molar-refractivity contribution in [3.8, 4) is 0 Å². The number of halogens is 1. The van der Waals surface area contributed by atoms with Gasteiger partial charge in [0.25, 0.3) is 0 Å². The van der Waals surface area contributed by atoms with Crippen LogP contribution in [0.3, 0.4) is 0 Å². The Bertz CT molecular complexity index is 382. The van der Waals surface area contributed by atoms with Gasteiger partial charge in [-0.05, 0) is 37.5 Å². The van der Waals surface area contributed by atoms with E-state index in [1.165, 1.54) is 28.9 Å². The van der Waals surface area contributed by atoms with E-state index in [1.807, 2.05) is 18.7 Å². The van der Waals surface area contributed by atoms with E-state index >= 15 is 0 Å². The molecule has 0 atom stereocenters. The van der Waals surface area contributed by atoms with E-state index in [0.29, 0.717) is 0 Å². The van der Waals surface area contributed by atoms with Gasteiger partial charge in [-0.2, -0.15) is 0 Å².